The van der Waals surface area contributed by atoms with Crippen LogP contribution in [0.5, 0.6) is 0 Å². The minimum Gasteiger partial charge on any atom is -0.443 e. The minimum atomic E-state index is -0.569. The number of carbonyl (C=O) groups excluding carboxylic acids is 2. The van der Waals surface area contributed by atoms with Gasteiger partial charge in [-0.25, -0.2) is 4.98 Å². The van der Waals surface area contributed by atoms with Crippen LogP contribution in [0.25, 0.3) is 0 Å². The van der Waals surface area contributed by atoms with Gasteiger partial charge in [-0.2, -0.15) is 0 Å². The fraction of sp³-hybridized carbons (Fsp3) is 0.593. The molecule has 1 aromatic heterocycles. The number of para-hydroxylation sites is 1. The molecule has 3 heterocycles. The Morgan fingerprint density at radius 2 is 1.94 bits per heavy atom. The molecular weight excluding hydrogens is 442 g/mol. The van der Waals surface area contributed by atoms with Crippen molar-refractivity contribution in [3.63, 3.8) is 0 Å². The Kier molecular flexibility index (Phi) is 6.34. The maximum atomic E-state index is 13.8. The molecule has 2 fully saturated rings. The molecule has 1 saturated carbocycles. The standard InChI is InChI=1S/C27H37N5O3/c1-27(2,3)26(34)35-16-31-15-13-29-24(31)22-19-12-14-32(25(33)17-8-4-6-10-20(17)28)23(19)18-9-5-7-11-21(18)30-22/h5,7,9,11,13,15,17,19-20,22-23,30H,4,6,8,10,12,14,16,28H2,1-3H3/t17-,19+,20+,22+,23-/m0/s1. The van der Waals surface area contributed by atoms with E-state index in [1.165, 1.54) is 0 Å². The molecule has 0 spiro atoms. The van der Waals surface area contributed by atoms with E-state index in [2.05, 4.69) is 27.3 Å². The fourth-order valence-corrected chi connectivity index (χ4v) is 5.96. The van der Waals surface area contributed by atoms with E-state index in [0.717, 1.165) is 49.2 Å². The molecule has 1 aromatic carbocycles. The third kappa shape index (κ3) is 4.44. The van der Waals surface area contributed by atoms with Gasteiger partial charge >= 0.3 is 5.97 Å². The second-order valence-electron chi connectivity index (χ2n) is 11.3. The molecule has 0 unspecified atom stereocenters. The van der Waals surface area contributed by atoms with Gasteiger partial charge in [-0.15, -0.1) is 0 Å². The van der Waals surface area contributed by atoms with Crippen molar-refractivity contribution in [3.05, 3.63) is 48.0 Å². The molecule has 2 aliphatic heterocycles. The molecule has 8 heteroatoms. The van der Waals surface area contributed by atoms with E-state index in [1.807, 2.05) is 43.7 Å². The summed E-state index contributed by atoms with van der Waals surface area (Å²) in [6, 6.07) is 8.06. The SMILES string of the molecule is CC(C)(C)C(=O)OCn1ccnc1[C@@H]1Nc2ccccc2[C@H]2[C@@H]1CCN2C(=O)[C@H]1CCCC[C@H]1N. The zero-order valence-electron chi connectivity index (χ0n) is 20.9. The van der Waals surface area contributed by atoms with Crippen LogP contribution in [0.3, 0.4) is 0 Å². The van der Waals surface area contributed by atoms with Crippen LogP contribution in [-0.2, 0) is 21.1 Å². The van der Waals surface area contributed by atoms with Gasteiger partial charge in [-0.05, 0) is 51.7 Å². The first-order valence-electron chi connectivity index (χ1n) is 12.9. The molecule has 0 bridgehead atoms. The molecule has 2 aromatic rings. The summed E-state index contributed by atoms with van der Waals surface area (Å²) < 4.78 is 7.49. The molecular formula is C27H37N5O3. The highest BCUT2D eigenvalue weighted by atomic mass is 16.5. The number of esters is 1. The number of nitrogens with zero attached hydrogens (tertiary/aromatic N) is 3. The lowest BCUT2D eigenvalue weighted by Crippen LogP contribution is -2.47. The van der Waals surface area contributed by atoms with Crippen LogP contribution in [0.1, 0.15) is 76.3 Å². The number of nitrogens with two attached hydrogens (primary N) is 1. The van der Waals surface area contributed by atoms with Gasteiger partial charge in [0, 0.05) is 36.6 Å². The Morgan fingerprint density at radius 1 is 1.17 bits per heavy atom. The Bertz CT molecular complexity index is 1090. The predicted molar refractivity (Wildman–Crippen MR) is 133 cm³/mol. The molecule has 0 radical (unpaired) electrons. The molecule has 3 aliphatic rings. The number of anilines is 1. The maximum absolute atomic E-state index is 13.8. The second-order valence-corrected chi connectivity index (χ2v) is 11.3. The van der Waals surface area contributed by atoms with E-state index >= 15 is 0 Å². The van der Waals surface area contributed by atoms with Gasteiger partial charge in [0.25, 0.3) is 0 Å². The summed E-state index contributed by atoms with van der Waals surface area (Å²) in [5.74, 6) is 0.829. The number of nitrogens with one attached hydrogen (secondary N) is 1. The number of rotatable bonds is 4. The summed E-state index contributed by atoms with van der Waals surface area (Å²) in [5, 5.41) is 3.69. The maximum Gasteiger partial charge on any atom is 0.312 e. The van der Waals surface area contributed by atoms with Gasteiger partial charge in [-0.1, -0.05) is 31.0 Å². The number of amides is 1. The summed E-state index contributed by atoms with van der Waals surface area (Å²) >= 11 is 0. The number of carbonyl (C=O) groups is 2. The molecule has 8 nitrogen and oxygen atoms in total. The molecule has 1 saturated heterocycles. The zero-order valence-corrected chi connectivity index (χ0v) is 20.9. The third-order valence-electron chi connectivity index (χ3n) is 7.86. The first-order chi connectivity index (χ1) is 16.8. The zero-order chi connectivity index (χ0) is 24.7. The lowest BCUT2D eigenvalue weighted by Gasteiger charge is -2.41. The van der Waals surface area contributed by atoms with E-state index in [4.69, 9.17) is 10.5 Å². The van der Waals surface area contributed by atoms with E-state index in [-0.39, 0.29) is 48.6 Å². The first-order valence-corrected chi connectivity index (χ1v) is 12.9. The van der Waals surface area contributed by atoms with Crippen molar-refractivity contribution >= 4 is 17.6 Å². The Hall–Kier alpha value is -2.87. The highest BCUT2D eigenvalue weighted by molar-refractivity contribution is 5.81. The summed E-state index contributed by atoms with van der Waals surface area (Å²) in [4.78, 5) is 32.9. The van der Waals surface area contributed by atoms with Crippen molar-refractivity contribution in [2.24, 2.45) is 23.0 Å². The molecule has 35 heavy (non-hydrogen) atoms. The van der Waals surface area contributed by atoms with Crippen molar-refractivity contribution in [1.82, 2.24) is 14.5 Å². The smallest absolute Gasteiger partial charge is 0.312 e. The van der Waals surface area contributed by atoms with Crippen LogP contribution in [-0.4, -0.2) is 38.9 Å². The van der Waals surface area contributed by atoms with E-state index in [0.29, 0.717) is 6.54 Å². The van der Waals surface area contributed by atoms with Crippen LogP contribution >= 0.6 is 0 Å². The number of benzene rings is 1. The van der Waals surface area contributed by atoms with E-state index in [1.54, 1.807) is 6.20 Å². The van der Waals surface area contributed by atoms with Crippen molar-refractivity contribution in [2.75, 3.05) is 11.9 Å². The number of hydrogen-bond acceptors (Lipinski definition) is 6. The van der Waals surface area contributed by atoms with E-state index in [9.17, 15) is 9.59 Å². The lowest BCUT2D eigenvalue weighted by molar-refractivity contribution is -0.157. The van der Waals surface area contributed by atoms with Crippen LogP contribution < -0.4 is 11.1 Å². The molecule has 3 N–H and O–H groups in total. The summed E-state index contributed by atoms with van der Waals surface area (Å²) in [6.45, 7) is 6.36. The predicted octanol–water partition coefficient (Wildman–Crippen LogP) is 4.00. The van der Waals surface area contributed by atoms with Crippen LogP contribution in [0.4, 0.5) is 5.69 Å². The first kappa shape index (κ1) is 23.9. The van der Waals surface area contributed by atoms with Crippen LogP contribution in [0.15, 0.2) is 36.7 Å². The van der Waals surface area contributed by atoms with Crippen LogP contribution in [0, 0.1) is 17.3 Å². The summed E-state index contributed by atoms with van der Waals surface area (Å²) in [6.07, 6.45) is 8.44. The summed E-state index contributed by atoms with van der Waals surface area (Å²) in [7, 11) is 0. The minimum absolute atomic E-state index is 0.0265. The molecule has 1 aliphatic carbocycles. The second kappa shape index (κ2) is 9.30. The van der Waals surface area contributed by atoms with Crippen molar-refractivity contribution in [3.8, 4) is 0 Å². The number of imidazole rings is 1. The van der Waals surface area contributed by atoms with Gasteiger partial charge in [0.15, 0.2) is 6.73 Å². The largest absolute Gasteiger partial charge is 0.443 e. The fourth-order valence-electron chi connectivity index (χ4n) is 5.96. The molecule has 5 atom stereocenters. The highest BCUT2D eigenvalue weighted by Crippen LogP contribution is 2.51. The third-order valence-corrected chi connectivity index (χ3v) is 7.86. The average Bonchev–Trinajstić information content (AvgIpc) is 3.49. The monoisotopic (exact) mass is 479 g/mol. The summed E-state index contributed by atoms with van der Waals surface area (Å²) in [5.41, 5.74) is 8.01. The Morgan fingerprint density at radius 3 is 2.71 bits per heavy atom. The molecule has 1 amide bonds. The van der Waals surface area contributed by atoms with E-state index < -0.39 is 5.41 Å². The van der Waals surface area contributed by atoms with Gasteiger partial charge in [0.2, 0.25) is 5.91 Å². The Labute approximate surface area is 207 Å². The van der Waals surface area contributed by atoms with Gasteiger partial charge in [-0.3, -0.25) is 14.2 Å². The lowest BCUT2D eigenvalue weighted by atomic mass is 9.81. The van der Waals surface area contributed by atoms with Crippen molar-refractivity contribution in [2.45, 2.75) is 77.7 Å². The number of hydrogen-bond donors (Lipinski definition) is 2. The van der Waals surface area contributed by atoms with Crippen molar-refractivity contribution in [1.29, 1.82) is 0 Å². The highest BCUT2D eigenvalue weighted by Gasteiger charge is 2.49. The molecule has 5 rings (SSSR count). The topological polar surface area (TPSA) is 102 Å². The van der Waals surface area contributed by atoms with Crippen molar-refractivity contribution < 1.29 is 14.3 Å². The number of fused-ring (bicyclic) bond motifs is 3. The van der Waals surface area contributed by atoms with Gasteiger partial charge < -0.3 is 20.7 Å². The quantitative estimate of drug-likeness (QED) is 0.643. The normalized spacial score (nSPS) is 28.1. The van der Waals surface area contributed by atoms with Gasteiger partial charge in [0.1, 0.15) is 5.82 Å². The number of likely N-dealkylation sites (tertiary alicyclic amines) is 1. The number of aromatic nitrogens is 2. The van der Waals surface area contributed by atoms with Crippen LogP contribution in [0.2, 0.25) is 0 Å². The molecule has 188 valence electrons. The number of ether oxygens (including phenoxy) is 1. The Balaban J connectivity index is 1.43. The van der Waals surface area contributed by atoms with Gasteiger partial charge in [0.05, 0.1) is 23.4 Å². The average molecular weight is 480 g/mol.